The van der Waals surface area contributed by atoms with E-state index in [0.29, 0.717) is 29.9 Å². The number of hydrogen-bond donors (Lipinski definition) is 2. The number of carbonyl (C=O) groups is 2. The Kier molecular flexibility index (Phi) is 6.79. The van der Waals surface area contributed by atoms with Gasteiger partial charge in [0, 0.05) is 29.4 Å². The molecule has 176 valence electrons. The summed E-state index contributed by atoms with van der Waals surface area (Å²) in [7, 11) is 0. The van der Waals surface area contributed by atoms with Gasteiger partial charge in [0.05, 0.1) is 11.3 Å². The van der Waals surface area contributed by atoms with Crippen LogP contribution in [0.4, 0.5) is 30.2 Å². The Hall–Kier alpha value is -3.52. The van der Waals surface area contributed by atoms with Crippen molar-refractivity contribution >= 4 is 40.5 Å². The number of anilines is 3. The van der Waals surface area contributed by atoms with Crippen LogP contribution in [0.2, 0.25) is 5.02 Å². The molecule has 0 saturated carbocycles. The molecule has 1 fully saturated rings. The number of benzene rings is 3. The summed E-state index contributed by atoms with van der Waals surface area (Å²) in [5, 5.41) is 5.41. The zero-order chi connectivity index (χ0) is 24.3. The van der Waals surface area contributed by atoms with Crippen LogP contribution in [0.15, 0.2) is 72.8 Å². The molecule has 1 atom stereocenters. The van der Waals surface area contributed by atoms with E-state index in [1.54, 1.807) is 59.5 Å². The number of nitrogens with zero attached hydrogens (tertiary/aromatic N) is 1. The first-order valence-corrected chi connectivity index (χ1v) is 11.0. The largest absolute Gasteiger partial charge is 0.418 e. The number of halogens is 4. The molecule has 1 aliphatic rings. The van der Waals surface area contributed by atoms with Crippen LogP contribution < -0.4 is 15.5 Å². The maximum Gasteiger partial charge on any atom is 0.418 e. The molecule has 9 heteroatoms. The molecule has 0 aliphatic carbocycles. The molecule has 0 bridgehead atoms. The lowest BCUT2D eigenvalue weighted by molar-refractivity contribution is -0.137. The maximum absolute atomic E-state index is 13.5. The minimum Gasteiger partial charge on any atom is -0.370 e. The van der Waals surface area contributed by atoms with Crippen molar-refractivity contribution in [2.75, 3.05) is 22.1 Å². The van der Waals surface area contributed by atoms with E-state index in [1.807, 2.05) is 0 Å². The Morgan fingerprint density at radius 1 is 1.00 bits per heavy atom. The first kappa shape index (κ1) is 23.6. The summed E-state index contributed by atoms with van der Waals surface area (Å²) in [5.74, 6) is -0.654. The second-order valence-electron chi connectivity index (χ2n) is 7.86. The first-order valence-electron chi connectivity index (χ1n) is 10.6. The van der Waals surface area contributed by atoms with Gasteiger partial charge in [-0.15, -0.1) is 0 Å². The van der Waals surface area contributed by atoms with Gasteiger partial charge >= 0.3 is 6.18 Å². The standard InChI is InChI=1S/C25H21ClF3N3O2/c26-17-11-12-21(20(14-17)25(27,28)29)31-24(34)23(16-6-2-1-3-7-16)30-18-8-4-9-19(15-18)32-13-5-10-22(32)33/h1-4,6-9,11-12,14-15,23,30H,5,10,13H2,(H,31,34)/t23-/m1/s1. The predicted octanol–water partition coefficient (Wildman–Crippen LogP) is 6.28. The van der Waals surface area contributed by atoms with E-state index in [9.17, 15) is 22.8 Å². The fourth-order valence-corrected chi connectivity index (χ4v) is 4.03. The van der Waals surface area contributed by atoms with Gasteiger partial charge in [-0.25, -0.2) is 0 Å². The first-order chi connectivity index (χ1) is 16.2. The zero-order valence-corrected chi connectivity index (χ0v) is 18.7. The molecule has 1 saturated heterocycles. The van der Waals surface area contributed by atoms with Crippen LogP contribution in [0.5, 0.6) is 0 Å². The Bertz CT molecular complexity index is 1200. The van der Waals surface area contributed by atoms with Crippen molar-refractivity contribution in [3.05, 3.63) is 88.9 Å². The minimum absolute atomic E-state index is 0.0249. The maximum atomic E-state index is 13.5. The third-order valence-corrected chi connectivity index (χ3v) is 5.72. The molecule has 0 unspecified atom stereocenters. The molecule has 2 amide bonds. The van der Waals surface area contributed by atoms with Crippen molar-refractivity contribution in [1.82, 2.24) is 0 Å². The van der Waals surface area contributed by atoms with Gasteiger partial charge in [0.1, 0.15) is 6.04 Å². The highest BCUT2D eigenvalue weighted by molar-refractivity contribution is 6.30. The number of nitrogens with one attached hydrogen (secondary N) is 2. The van der Waals surface area contributed by atoms with Gasteiger partial charge in [-0.2, -0.15) is 13.2 Å². The summed E-state index contributed by atoms with van der Waals surface area (Å²) in [6.45, 7) is 0.613. The molecule has 1 heterocycles. The Balaban J connectivity index is 1.64. The van der Waals surface area contributed by atoms with E-state index in [0.717, 1.165) is 18.6 Å². The third kappa shape index (κ3) is 5.34. The predicted molar refractivity (Wildman–Crippen MR) is 126 cm³/mol. The van der Waals surface area contributed by atoms with Crippen LogP contribution in [-0.4, -0.2) is 18.4 Å². The lowest BCUT2D eigenvalue weighted by atomic mass is 10.0. The second-order valence-corrected chi connectivity index (χ2v) is 8.30. The quantitative estimate of drug-likeness (QED) is 0.430. The topological polar surface area (TPSA) is 61.4 Å². The van der Waals surface area contributed by atoms with Crippen molar-refractivity contribution < 1.29 is 22.8 Å². The highest BCUT2D eigenvalue weighted by Crippen LogP contribution is 2.37. The zero-order valence-electron chi connectivity index (χ0n) is 17.9. The van der Waals surface area contributed by atoms with Crippen LogP contribution in [-0.2, 0) is 15.8 Å². The number of rotatable bonds is 6. The van der Waals surface area contributed by atoms with E-state index >= 15 is 0 Å². The molecule has 0 spiro atoms. The van der Waals surface area contributed by atoms with Gasteiger partial charge in [0.25, 0.3) is 5.91 Å². The summed E-state index contributed by atoms with van der Waals surface area (Å²) in [6.07, 6.45) is -3.44. The van der Waals surface area contributed by atoms with Crippen molar-refractivity contribution in [2.45, 2.75) is 25.1 Å². The van der Waals surface area contributed by atoms with Gasteiger partial charge in [-0.05, 0) is 48.4 Å². The Morgan fingerprint density at radius 2 is 1.76 bits per heavy atom. The summed E-state index contributed by atoms with van der Waals surface area (Å²) in [6, 6.07) is 17.9. The van der Waals surface area contributed by atoms with E-state index in [-0.39, 0.29) is 16.6 Å². The molecule has 1 aliphatic heterocycles. The molecule has 5 nitrogen and oxygen atoms in total. The van der Waals surface area contributed by atoms with Gasteiger partial charge in [-0.1, -0.05) is 48.0 Å². The number of alkyl halides is 3. The summed E-state index contributed by atoms with van der Waals surface area (Å²) >= 11 is 5.75. The SMILES string of the molecule is O=C(Nc1ccc(Cl)cc1C(F)(F)F)[C@H](Nc1cccc(N2CCCC2=O)c1)c1ccccc1. The minimum atomic E-state index is -4.69. The highest BCUT2D eigenvalue weighted by Gasteiger charge is 2.35. The summed E-state index contributed by atoms with van der Waals surface area (Å²) < 4.78 is 40.5. The lowest BCUT2D eigenvalue weighted by Crippen LogP contribution is -2.28. The number of hydrogen-bond acceptors (Lipinski definition) is 3. The van der Waals surface area contributed by atoms with E-state index in [4.69, 9.17) is 11.6 Å². The molecular weight excluding hydrogens is 467 g/mol. The van der Waals surface area contributed by atoms with Crippen molar-refractivity contribution in [3.63, 3.8) is 0 Å². The number of carbonyl (C=O) groups excluding carboxylic acids is 2. The monoisotopic (exact) mass is 487 g/mol. The van der Waals surface area contributed by atoms with Crippen molar-refractivity contribution in [1.29, 1.82) is 0 Å². The van der Waals surface area contributed by atoms with Crippen LogP contribution >= 0.6 is 11.6 Å². The van der Waals surface area contributed by atoms with Crippen LogP contribution in [0.25, 0.3) is 0 Å². The molecule has 0 radical (unpaired) electrons. The molecule has 34 heavy (non-hydrogen) atoms. The van der Waals surface area contributed by atoms with Crippen molar-refractivity contribution in [3.8, 4) is 0 Å². The van der Waals surface area contributed by atoms with E-state index in [1.165, 1.54) is 6.07 Å². The lowest BCUT2D eigenvalue weighted by Gasteiger charge is -2.23. The third-order valence-electron chi connectivity index (χ3n) is 5.48. The van der Waals surface area contributed by atoms with Gasteiger partial charge < -0.3 is 15.5 Å². The average molecular weight is 488 g/mol. The van der Waals surface area contributed by atoms with Gasteiger partial charge in [0.15, 0.2) is 0 Å². The molecule has 3 aromatic carbocycles. The average Bonchev–Trinajstić information content (AvgIpc) is 3.24. The van der Waals surface area contributed by atoms with Gasteiger partial charge in [-0.3, -0.25) is 9.59 Å². The fraction of sp³-hybridized carbons (Fsp3) is 0.200. The summed E-state index contributed by atoms with van der Waals surface area (Å²) in [4.78, 5) is 27.0. The van der Waals surface area contributed by atoms with E-state index < -0.39 is 23.7 Å². The smallest absolute Gasteiger partial charge is 0.370 e. The molecular formula is C25H21ClF3N3O2. The molecule has 4 rings (SSSR count). The van der Waals surface area contributed by atoms with Crippen LogP contribution in [0, 0.1) is 0 Å². The van der Waals surface area contributed by atoms with Crippen molar-refractivity contribution in [2.24, 2.45) is 0 Å². The normalized spacial score (nSPS) is 14.7. The Labute approximate surface area is 199 Å². The van der Waals surface area contributed by atoms with Crippen LogP contribution in [0.1, 0.15) is 30.0 Å². The molecule has 0 aromatic heterocycles. The molecule has 2 N–H and O–H groups in total. The van der Waals surface area contributed by atoms with E-state index in [2.05, 4.69) is 10.6 Å². The van der Waals surface area contributed by atoms with Crippen LogP contribution in [0.3, 0.4) is 0 Å². The summed E-state index contributed by atoms with van der Waals surface area (Å²) in [5.41, 5.74) is 0.381. The van der Waals surface area contributed by atoms with Gasteiger partial charge in [0.2, 0.25) is 5.91 Å². The number of amides is 2. The molecule has 3 aromatic rings. The fourth-order valence-electron chi connectivity index (χ4n) is 3.86. The second kappa shape index (κ2) is 9.77. The Morgan fingerprint density at radius 3 is 2.44 bits per heavy atom. The highest BCUT2D eigenvalue weighted by atomic mass is 35.5.